The van der Waals surface area contributed by atoms with Crippen LogP contribution in [0.2, 0.25) is 0 Å². The number of nitrogens with one attached hydrogen (secondary N) is 1. The third-order valence-corrected chi connectivity index (χ3v) is 3.48. The molecule has 0 unspecified atom stereocenters. The normalized spacial score (nSPS) is 23.0. The summed E-state index contributed by atoms with van der Waals surface area (Å²) < 4.78 is 43.9. The summed E-state index contributed by atoms with van der Waals surface area (Å²) in [4.78, 5) is 13.9. The molecule has 2 atom stereocenters. The van der Waals surface area contributed by atoms with Gasteiger partial charge in [-0.3, -0.25) is 14.4 Å². The molecule has 0 bridgehead atoms. The molecule has 1 fully saturated rings. The van der Waals surface area contributed by atoms with Crippen LogP contribution >= 0.6 is 0 Å². The van der Waals surface area contributed by atoms with Gasteiger partial charge in [0.2, 0.25) is 5.91 Å². The number of nitrogens with zero attached hydrogens (tertiary/aromatic N) is 3. The van der Waals surface area contributed by atoms with Crippen LogP contribution in [0.25, 0.3) is 0 Å². The standard InChI is InChI=1S/C14H21F3N4O2/c1-10-7-20(8-11(2)23-10)6-4-18-13(22)9-21-5-3-12(19-21)14(15,16)17/h3,5,10-11H,4,6-9H2,1-2H3,(H,18,22)/t10-,11-/m1/s1. The minimum atomic E-state index is -4.49. The number of aromatic nitrogens is 2. The lowest BCUT2D eigenvalue weighted by Gasteiger charge is -2.35. The van der Waals surface area contributed by atoms with Crippen molar-refractivity contribution >= 4 is 5.91 Å². The summed E-state index contributed by atoms with van der Waals surface area (Å²) in [7, 11) is 0. The zero-order chi connectivity index (χ0) is 17.0. The Morgan fingerprint density at radius 1 is 1.39 bits per heavy atom. The van der Waals surface area contributed by atoms with Crippen LogP contribution in [0.5, 0.6) is 0 Å². The fourth-order valence-corrected chi connectivity index (χ4v) is 2.62. The number of rotatable bonds is 5. The second-order valence-electron chi connectivity index (χ2n) is 5.76. The lowest BCUT2D eigenvalue weighted by atomic mass is 10.2. The minimum absolute atomic E-state index is 0.152. The number of halogens is 3. The first-order chi connectivity index (χ1) is 10.7. The van der Waals surface area contributed by atoms with Crippen molar-refractivity contribution in [2.24, 2.45) is 0 Å². The van der Waals surface area contributed by atoms with Crippen LogP contribution in [0.15, 0.2) is 12.3 Å². The van der Waals surface area contributed by atoms with E-state index in [2.05, 4.69) is 15.3 Å². The summed E-state index contributed by atoms with van der Waals surface area (Å²) in [5.41, 5.74) is -0.999. The summed E-state index contributed by atoms with van der Waals surface area (Å²) in [6.07, 6.45) is -3.04. The van der Waals surface area contributed by atoms with E-state index in [0.29, 0.717) is 13.1 Å². The summed E-state index contributed by atoms with van der Waals surface area (Å²) in [6.45, 7) is 6.48. The van der Waals surface area contributed by atoms with Crippen molar-refractivity contribution in [1.29, 1.82) is 0 Å². The first-order valence-electron chi connectivity index (χ1n) is 7.49. The molecule has 23 heavy (non-hydrogen) atoms. The predicted octanol–water partition coefficient (Wildman–Crippen LogP) is 1.13. The molecule has 1 saturated heterocycles. The summed E-state index contributed by atoms with van der Waals surface area (Å²) >= 11 is 0. The van der Waals surface area contributed by atoms with E-state index >= 15 is 0 Å². The maximum atomic E-state index is 12.4. The largest absolute Gasteiger partial charge is 0.435 e. The number of alkyl halides is 3. The van der Waals surface area contributed by atoms with Gasteiger partial charge >= 0.3 is 6.18 Å². The average molecular weight is 334 g/mol. The van der Waals surface area contributed by atoms with Gasteiger partial charge in [0, 0.05) is 32.4 Å². The average Bonchev–Trinajstić information content (AvgIpc) is 2.85. The molecule has 2 heterocycles. The van der Waals surface area contributed by atoms with Gasteiger partial charge in [0.15, 0.2) is 5.69 Å². The molecule has 0 saturated carbocycles. The van der Waals surface area contributed by atoms with E-state index < -0.39 is 11.9 Å². The zero-order valence-corrected chi connectivity index (χ0v) is 13.1. The summed E-state index contributed by atoms with van der Waals surface area (Å²) in [6, 6.07) is 0.851. The van der Waals surface area contributed by atoms with Crippen molar-refractivity contribution in [2.45, 2.75) is 38.8 Å². The van der Waals surface area contributed by atoms with E-state index in [0.717, 1.165) is 30.0 Å². The Hall–Kier alpha value is -1.61. The van der Waals surface area contributed by atoms with Crippen LogP contribution in [0, 0.1) is 0 Å². The third kappa shape index (κ3) is 5.51. The maximum Gasteiger partial charge on any atom is 0.435 e. The fraction of sp³-hybridized carbons (Fsp3) is 0.714. The molecule has 0 aliphatic carbocycles. The molecular weight excluding hydrogens is 313 g/mol. The smallest absolute Gasteiger partial charge is 0.373 e. The van der Waals surface area contributed by atoms with Gasteiger partial charge in [0.25, 0.3) is 0 Å². The summed E-state index contributed by atoms with van der Waals surface area (Å²) in [5.74, 6) is -0.365. The van der Waals surface area contributed by atoms with E-state index in [9.17, 15) is 18.0 Å². The van der Waals surface area contributed by atoms with Gasteiger partial charge < -0.3 is 10.1 Å². The first-order valence-corrected chi connectivity index (χ1v) is 7.49. The van der Waals surface area contributed by atoms with Gasteiger partial charge in [0.1, 0.15) is 6.54 Å². The van der Waals surface area contributed by atoms with Crippen molar-refractivity contribution in [3.05, 3.63) is 18.0 Å². The molecule has 130 valence electrons. The van der Waals surface area contributed by atoms with E-state index in [1.54, 1.807) is 0 Å². The van der Waals surface area contributed by atoms with Gasteiger partial charge in [-0.2, -0.15) is 18.3 Å². The highest BCUT2D eigenvalue weighted by molar-refractivity contribution is 5.75. The molecule has 1 aromatic heterocycles. The van der Waals surface area contributed by atoms with Crippen molar-refractivity contribution in [1.82, 2.24) is 20.0 Å². The van der Waals surface area contributed by atoms with Crippen LogP contribution < -0.4 is 5.32 Å². The number of carbonyl (C=O) groups is 1. The Kier molecular flexibility index (Phi) is 5.64. The molecule has 0 spiro atoms. The third-order valence-electron chi connectivity index (χ3n) is 3.48. The van der Waals surface area contributed by atoms with Crippen LogP contribution in [0.3, 0.4) is 0 Å². The molecule has 1 aliphatic heterocycles. The zero-order valence-electron chi connectivity index (χ0n) is 13.1. The first kappa shape index (κ1) is 17.7. The monoisotopic (exact) mass is 334 g/mol. The van der Waals surface area contributed by atoms with Gasteiger partial charge in [-0.25, -0.2) is 0 Å². The van der Waals surface area contributed by atoms with E-state index in [-0.39, 0.29) is 24.7 Å². The van der Waals surface area contributed by atoms with Crippen LogP contribution in [-0.2, 0) is 22.3 Å². The van der Waals surface area contributed by atoms with Gasteiger partial charge in [-0.15, -0.1) is 0 Å². The van der Waals surface area contributed by atoms with Crippen LogP contribution in [-0.4, -0.2) is 59.0 Å². The maximum absolute atomic E-state index is 12.4. The lowest BCUT2D eigenvalue weighted by molar-refractivity contribution is -0.141. The van der Waals surface area contributed by atoms with Crippen molar-refractivity contribution in [3.63, 3.8) is 0 Å². The lowest BCUT2D eigenvalue weighted by Crippen LogP contribution is -2.48. The second-order valence-corrected chi connectivity index (χ2v) is 5.76. The molecule has 1 aromatic rings. The topological polar surface area (TPSA) is 59.4 Å². The van der Waals surface area contributed by atoms with Crippen molar-refractivity contribution < 1.29 is 22.7 Å². The minimum Gasteiger partial charge on any atom is -0.373 e. The molecule has 0 radical (unpaired) electrons. The molecular formula is C14H21F3N4O2. The Labute approximate surface area is 132 Å². The molecule has 9 heteroatoms. The SMILES string of the molecule is C[C@@H]1CN(CCNC(=O)Cn2ccc(C(F)(F)F)n2)C[C@@H](C)O1. The quantitative estimate of drug-likeness (QED) is 0.877. The fourth-order valence-electron chi connectivity index (χ4n) is 2.62. The van der Waals surface area contributed by atoms with Crippen LogP contribution in [0.4, 0.5) is 13.2 Å². The van der Waals surface area contributed by atoms with Gasteiger partial charge in [-0.05, 0) is 19.9 Å². The molecule has 2 rings (SSSR count). The molecule has 0 aromatic carbocycles. The number of ether oxygens (including phenoxy) is 1. The Morgan fingerprint density at radius 3 is 2.61 bits per heavy atom. The highest BCUT2D eigenvalue weighted by Gasteiger charge is 2.33. The van der Waals surface area contributed by atoms with E-state index in [1.807, 2.05) is 13.8 Å². The highest BCUT2D eigenvalue weighted by Crippen LogP contribution is 2.27. The number of hydrogen-bond acceptors (Lipinski definition) is 4. The predicted molar refractivity (Wildman–Crippen MR) is 76.7 cm³/mol. The Morgan fingerprint density at radius 2 is 2.04 bits per heavy atom. The van der Waals surface area contributed by atoms with Gasteiger partial charge in [-0.1, -0.05) is 0 Å². The number of morpholine rings is 1. The van der Waals surface area contributed by atoms with Crippen molar-refractivity contribution in [2.75, 3.05) is 26.2 Å². The number of carbonyl (C=O) groups excluding carboxylic acids is 1. The van der Waals surface area contributed by atoms with Gasteiger partial charge in [0.05, 0.1) is 12.2 Å². The second kappa shape index (κ2) is 7.31. The molecule has 1 N–H and O–H groups in total. The highest BCUT2D eigenvalue weighted by atomic mass is 19.4. The molecule has 1 aliphatic rings. The molecule has 6 nitrogen and oxygen atoms in total. The molecule has 1 amide bonds. The van der Waals surface area contributed by atoms with Crippen LogP contribution in [0.1, 0.15) is 19.5 Å². The Balaban J connectivity index is 1.72. The van der Waals surface area contributed by atoms with Crippen molar-refractivity contribution in [3.8, 4) is 0 Å². The number of hydrogen-bond donors (Lipinski definition) is 1. The number of amides is 1. The van der Waals surface area contributed by atoms with E-state index in [1.165, 1.54) is 0 Å². The Bertz CT molecular complexity index is 522. The van der Waals surface area contributed by atoms with E-state index in [4.69, 9.17) is 4.74 Å². The summed E-state index contributed by atoms with van der Waals surface area (Å²) in [5, 5.41) is 6.04.